The molecule has 0 atom stereocenters. The average molecular weight is 271 g/mol. The number of oxime groups is 1. The molecule has 3 N–H and O–H groups in total. The van der Waals surface area contributed by atoms with Crippen LogP contribution in [0.1, 0.15) is 19.8 Å². The third-order valence-corrected chi connectivity index (χ3v) is 4.67. The molecule has 0 radical (unpaired) electrons. The number of piperidine rings is 1. The Morgan fingerprint density at radius 3 is 2.29 bits per heavy atom. The fourth-order valence-electron chi connectivity index (χ4n) is 1.72. The van der Waals surface area contributed by atoms with Gasteiger partial charge in [-0.15, -0.1) is 0 Å². The summed E-state index contributed by atoms with van der Waals surface area (Å²) in [5.41, 5.74) is 4.83. The topological polar surface area (TPSA) is 96.0 Å². The molecule has 6 nitrogen and oxygen atoms in total. The fourth-order valence-corrected chi connectivity index (χ4v) is 2.64. The van der Waals surface area contributed by atoms with Gasteiger partial charge in [0.25, 0.3) is 10.0 Å². The Hall–Kier alpha value is -0.960. The normalized spacial score (nSPS) is 22.9. The van der Waals surface area contributed by atoms with Crippen LogP contribution >= 0.6 is 0 Å². The predicted octanol–water partition coefficient (Wildman–Crippen LogP) is 0.387. The van der Waals surface area contributed by atoms with Gasteiger partial charge in [-0.25, -0.2) is 8.42 Å². The summed E-state index contributed by atoms with van der Waals surface area (Å²) in [5, 5.41) is 11.5. The zero-order chi connectivity index (χ0) is 13.3. The van der Waals surface area contributed by atoms with Gasteiger partial charge < -0.3 is 10.9 Å². The second-order valence-electron chi connectivity index (χ2n) is 4.25. The van der Waals surface area contributed by atoms with Gasteiger partial charge in [0.2, 0.25) is 0 Å². The highest BCUT2D eigenvalue weighted by Gasteiger charge is 2.40. The molecule has 1 rings (SSSR count). The van der Waals surface area contributed by atoms with Crippen molar-refractivity contribution in [2.75, 3.05) is 13.1 Å². The molecule has 0 saturated carbocycles. The van der Waals surface area contributed by atoms with E-state index in [0.717, 1.165) is 4.31 Å². The van der Waals surface area contributed by atoms with Crippen LogP contribution in [0.4, 0.5) is 8.78 Å². The lowest BCUT2D eigenvalue weighted by Gasteiger charge is -2.37. The first-order valence-corrected chi connectivity index (χ1v) is 6.49. The minimum Gasteiger partial charge on any atom is -0.409 e. The lowest BCUT2D eigenvalue weighted by Crippen LogP contribution is -2.48. The minimum atomic E-state index is -4.53. The summed E-state index contributed by atoms with van der Waals surface area (Å²) in [6.45, 7) is 1.59. The Kier molecular flexibility index (Phi) is 3.92. The summed E-state index contributed by atoms with van der Waals surface area (Å²) in [4.78, 5) is 0. The van der Waals surface area contributed by atoms with Crippen LogP contribution in [0.15, 0.2) is 5.16 Å². The molecule has 0 amide bonds. The van der Waals surface area contributed by atoms with Gasteiger partial charge in [-0.05, 0) is 12.8 Å². The Balaban J connectivity index is 2.76. The Labute approximate surface area is 98.1 Å². The Bertz CT molecular complexity index is 402. The first-order chi connectivity index (χ1) is 7.74. The molecule has 1 fully saturated rings. The molecule has 0 aliphatic carbocycles. The largest absolute Gasteiger partial charge is 0.409 e. The van der Waals surface area contributed by atoms with Crippen LogP contribution in [0.25, 0.3) is 0 Å². The number of halogens is 2. The average Bonchev–Trinajstić information content (AvgIpc) is 2.28. The van der Waals surface area contributed by atoms with E-state index >= 15 is 0 Å². The van der Waals surface area contributed by atoms with Gasteiger partial charge in [0.1, 0.15) is 5.84 Å². The van der Waals surface area contributed by atoms with E-state index in [1.807, 2.05) is 0 Å². The quantitative estimate of drug-likeness (QED) is 0.336. The van der Waals surface area contributed by atoms with Crippen LogP contribution in [-0.4, -0.2) is 42.6 Å². The van der Waals surface area contributed by atoms with Gasteiger partial charge in [-0.1, -0.05) is 12.1 Å². The van der Waals surface area contributed by atoms with Gasteiger partial charge >= 0.3 is 5.76 Å². The summed E-state index contributed by atoms with van der Waals surface area (Å²) in [5.74, 6) is -3.41. The van der Waals surface area contributed by atoms with E-state index in [1.165, 1.54) is 0 Å². The summed E-state index contributed by atoms with van der Waals surface area (Å²) >= 11 is 0. The van der Waals surface area contributed by atoms with Gasteiger partial charge in [-0.2, -0.15) is 13.1 Å². The number of rotatable bonds is 3. The first-order valence-electron chi connectivity index (χ1n) is 4.99. The van der Waals surface area contributed by atoms with Crippen molar-refractivity contribution in [3.63, 3.8) is 0 Å². The Morgan fingerprint density at radius 2 is 1.94 bits per heavy atom. The molecular formula is C8H15F2N3O3S. The highest BCUT2D eigenvalue weighted by Crippen LogP contribution is 2.32. The Morgan fingerprint density at radius 1 is 1.47 bits per heavy atom. The maximum atomic E-state index is 12.3. The molecule has 0 aromatic rings. The maximum Gasteiger partial charge on any atom is 0.350 e. The summed E-state index contributed by atoms with van der Waals surface area (Å²) < 4.78 is 47.7. The van der Waals surface area contributed by atoms with Crippen LogP contribution in [0.3, 0.4) is 0 Å². The molecular weight excluding hydrogens is 256 g/mol. The van der Waals surface area contributed by atoms with Crippen molar-refractivity contribution >= 4 is 15.9 Å². The van der Waals surface area contributed by atoms with Gasteiger partial charge in [0, 0.05) is 18.5 Å². The fraction of sp³-hybridized carbons (Fsp3) is 0.875. The van der Waals surface area contributed by atoms with E-state index in [2.05, 4.69) is 5.16 Å². The van der Waals surface area contributed by atoms with Gasteiger partial charge in [0.05, 0.1) is 0 Å². The summed E-state index contributed by atoms with van der Waals surface area (Å²) in [6, 6.07) is 0. The molecule has 1 heterocycles. The molecule has 9 heteroatoms. The van der Waals surface area contributed by atoms with Crippen LogP contribution in [-0.2, 0) is 10.0 Å². The molecule has 1 aliphatic rings. The number of sulfonamides is 1. The lowest BCUT2D eigenvalue weighted by molar-refractivity contribution is 0.192. The number of nitrogens with zero attached hydrogens (tertiary/aromatic N) is 2. The molecule has 0 aromatic carbocycles. The van der Waals surface area contributed by atoms with Gasteiger partial charge in [0.15, 0.2) is 0 Å². The third-order valence-electron chi connectivity index (χ3n) is 3.14. The standard InChI is InChI=1S/C8H15F2N3O3S/c1-8(6(11)12-14)2-4-13(5-3-8)17(15,16)7(9)10/h7,14H,2-5H2,1H3,(H2,11,12). The second-order valence-corrected chi connectivity index (χ2v) is 6.15. The number of nitrogens with two attached hydrogens (primary N) is 1. The third kappa shape index (κ3) is 2.65. The lowest BCUT2D eigenvalue weighted by atomic mass is 9.80. The molecule has 0 aromatic heterocycles. The van der Waals surface area contributed by atoms with Crippen molar-refractivity contribution in [1.82, 2.24) is 4.31 Å². The predicted molar refractivity (Wildman–Crippen MR) is 57.2 cm³/mol. The van der Waals surface area contributed by atoms with Crippen molar-refractivity contribution < 1.29 is 22.4 Å². The molecule has 17 heavy (non-hydrogen) atoms. The summed E-state index contributed by atoms with van der Waals surface area (Å²) in [7, 11) is -4.53. The minimum absolute atomic E-state index is 0.00778. The first kappa shape index (κ1) is 14.1. The highest BCUT2D eigenvalue weighted by atomic mass is 32.2. The van der Waals surface area contributed by atoms with Crippen LogP contribution < -0.4 is 5.73 Å². The van der Waals surface area contributed by atoms with Crippen molar-refractivity contribution in [3.8, 4) is 0 Å². The van der Waals surface area contributed by atoms with Crippen LogP contribution in [0.2, 0.25) is 0 Å². The zero-order valence-electron chi connectivity index (χ0n) is 9.31. The second kappa shape index (κ2) is 4.73. The number of amidine groups is 1. The SMILES string of the molecule is CC1(C(N)=NO)CCN(S(=O)(=O)C(F)F)CC1. The molecule has 1 saturated heterocycles. The van der Waals surface area contributed by atoms with E-state index < -0.39 is 21.2 Å². The van der Waals surface area contributed by atoms with Crippen molar-refractivity contribution in [2.45, 2.75) is 25.5 Å². The molecule has 0 unspecified atom stereocenters. The van der Waals surface area contributed by atoms with Crippen LogP contribution in [0, 0.1) is 5.41 Å². The number of alkyl halides is 2. The van der Waals surface area contributed by atoms with E-state index in [1.54, 1.807) is 6.92 Å². The van der Waals surface area contributed by atoms with Crippen LogP contribution in [0.5, 0.6) is 0 Å². The summed E-state index contributed by atoms with van der Waals surface area (Å²) in [6.07, 6.45) is 0.490. The number of hydrogen-bond donors (Lipinski definition) is 2. The van der Waals surface area contributed by atoms with Crippen molar-refractivity contribution in [1.29, 1.82) is 0 Å². The monoisotopic (exact) mass is 271 g/mol. The van der Waals surface area contributed by atoms with Crippen molar-refractivity contribution in [3.05, 3.63) is 0 Å². The van der Waals surface area contributed by atoms with Gasteiger partial charge in [-0.3, -0.25) is 0 Å². The highest BCUT2D eigenvalue weighted by molar-refractivity contribution is 7.89. The molecule has 100 valence electrons. The van der Waals surface area contributed by atoms with E-state index in [4.69, 9.17) is 10.9 Å². The smallest absolute Gasteiger partial charge is 0.350 e. The number of hydrogen-bond acceptors (Lipinski definition) is 4. The zero-order valence-corrected chi connectivity index (χ0v) is 10.1. The molecule has 1 aliphatic heterocycles. The molecule has 0 spiro atoms. The molecule has 0 bridgehead atoms. The maximum absolute atomic E-state index is 12.3. The van der Waals surface area contributed by atoms with E-state index in [-0.39, 0.29) is 31.8 Å². The van der Waals surface area contributed by atoms with Crippen molar-refractivity contribution in [2.24, 2.45) is 16.3 Å². The van der Waals surface area contributed by atoms with E-state index in [9.17, 15) is 17.2 Å². The van der Waals surface area contributed by atoms with E-state index in [0.29, 0.717) is 0 Å².